The van der Waals surface area contributed by atoms with E-state index >= 15 is 0 Å². The second-order valence-electron chi connectivity index (χ2n) is 6.51. The van der Waals surface area contributed by atoms with Crippen molar-refractivity contribution in [3.63, 3.8) is 0 Å². The fourth-order valence-electron chi connectivity index (χ4n) is 3.60. The van der Waals surface area contributed by atoms with Crippen LogP contribution in [-0.2, 0) is 17.9 Å². The van der Waals surface area contributed by atoms with E-state index in [0.717, 1.165) is 19.4 Å². The fraction of sp³-hybridized carbons (Fsp3) is 0.429. The molecule has 0 aliphatic heterocycles. The summed E-state index contributed by atoms with van der Waals surface area (Å²) in [5, 5.41) is 9.49. The third kappa shape index (κ3) is 4.67. The summed E-state index contributed by atoms with van der Waals surface area (Å²) in [6.07, 6.45) is 3.70. The molecule has 0 heterocycles. The lowest BCUT2D eigenvalue weighted by Crippen LogP contribution is -2.42. The number of aliphatic hydroxyl groups is 1. The summed E-state index contributed by atoms with van der Waals surface area (Å²) < 4.78 is 6.24. The van der Waals surface area contributed by atoms with Crippen LogP contribution < -0.4 is 0 Å². The largest absolute Gasteiger partial charge is 0.395 e. The summed E-state index contributed by atoms with van der Waals surface area (Å²) in [7, 11) is 0. The summed E-state index contributed by atoms with van der Waals surface area (Å²) in [6.45, 7) is 2.43. The molecule has 128 valence electrons. The van der Waals surface area contributed by atoms with E-state index in [2.05, 4.69) is 53.4 Å². The molecule has 2 aromatic rings. The number of benzene rings is 2. The lowest BCUT2D eigenvalue weighted by molar-refractivity contribution is -0.0144. The molecule has 1 aliphatic carbocycles. The van der Waals surface area contributed by atoms with Gasteiger partial charge in [0.2, 0.25) is 0 Å². The van der Waals surface area contributed by atoms with E-state index in [1.165, 1.54) is 17.5 Å². The number of hydrogen-bond acceptors (Lipinski definition) is 3. The van der Waals surface area contributed by atoms with E-state index in [1.54, 1.807) is 0 Å². The second kappa shape index (κ2) is 8.97. The average molecular weight is 325 g/mol. The van der Waals surface area contributed by atoms with Gasteiger partial charge in [0.15, 0.2) is 0 Å². The maximum Gasteiger partial charge on any atom is 0.0734 e. The predicted molar refractivity (Wildman–Crippen MR) is 96.6 cm³/mol. The summed E-state index contributed by atoms with van der Waals surface area (Å²) >= 11 is 0. The monoisotopic (exact) mass is 325 g/mol. The molecule has 1 aliphatic rings. The molecule has 2 aromatic carbocycles. The van der Waals surface area contributed by atoms with Gasteiger partial charge in [0.25, 0.3) is 0 Å². The van der Waals surface area contributed by atoms with E-state index in [9.17, 15) is 5.11 Å². The van der Waals surface area contributed by atoms with Crippen LogP contribution in [0.2, 0.25) is 0 Å². The average Bonchev–Trinajstić information content (AvgIpc) is 3.10. The molecule has 3 nitrogen and oxygen atoms in total. The maximum atomic E-state index is 9.49. The molecule has 24 heavy (non-hydrogen) atoms. The smallest absolute Gasteiger partial charge is 0.0734 e. The fourth-order valence-corrected chi connectivity index (χ4v) is 3.60. The minimum Gasteiger partial charge on any atom is -0.395 e. The van der Waals surface area contributed by atoms with Gasteiger partial charge in [0.05, 0.1) is 19.3 Å². The van der Waals surface area contributed by atoms with Gasteiger partial charge in [-0.15, -0.1) is 0 Å². The highest BCUT2D eigenvalue weighted by molar-refractivity contribution is 5.15. The third-order valence-corrected chi connectivity index (χ3v) is 4.81. The lowest BCUT2D eigenvalue weighted by atomic mass is 10.1. The Bertz CT molecular complexity index is 587. The second-order valence-corrected chi connectivity index (χ2v) is 6.51. The van der Waals surface area contributed by atoms with E-state index in [4.69, 9.17) is 4.74 Å². The highest BCUT2D eigenvalue weighted by Crippen LogP contribution is 2.28. The van der Waals surface area contributed by atoms with Crippen LogP contribution in [0.1, 0.15) is 30.4 Å². The zero-order valence-corrected chi connectivity index (χ0v) is 14.2. The Morgan fingerprint density at radius 2 is 1.58 bits per heavy atom. The minimum atomic E-state index is 0.189. The quantitative estimate of drug-likeness (QED) is 0.804. The summed E-state index contributed by atoms with van der Waals surface area (Å²) in [6, 6.07) is 21.2. The Hall–Kier alpha value is -1.68. The van der Waals surface area contributed by atoms with E-state index in [0.29, 0.717) is 19.2 Å². The molecular formula is C21H27NO2. The molecule has 0 bridgehead atoms. The number of ether oxygens (including phenoxy) is 1. The van der Waals surface area contributed by atoms with E-state index in [-0.39, 0.29) is 12.7 Å². The summed E-state index contributed by atoms with van der Waals surface area (Å²) in [4.78, 5) is 2.39. The number of nitrogens with zero attached hydrogens (tertiary/aromatic N) is 1. The normalized spacial score (nSPS) is 20.6. The Labute approximate surface area is 144 Å². The first-order chi connectivity index (χ1) is 11.9. The van der Waals surface area contributed by atoms with Gasteiger partial charge in [-0.25, -0.2) is 0 Å². The topological polar surface area (TPSA) is 32.7 Å². The van der Waals surface area contributed by atoms with Crippen molar-refractivity contribution in [2.75, 3.05) is 13.2 Å². The number of aliphatic hydroxyl groups excluding tert-OH is 1. The van der Waals surface area contributed by atoms with Crippen LogP contribution in [0.3, 0.4) is 0 Å². The molecule has 0 radical (unpaired) electrons. The van der Waals surface area contributed by atoms with Crippen molar-refractivity contribution in [3.05, 3.63) is 71.8 Å². The van der Waals surface area contributed by atoms with E-state index < -0.39 is 0 Å². The van der Waals surface area contributed by atoms with Crippen LogP contribution in [0.25, 0.3) is 0 Å². The molecule has 0 spiro atoms. The van der Waals surface area contributed by atoms with Crippen LogP contribution >= 0.6 is 0 Å². The Morgan fingerprint density at radius 3 is 2.25 bits per heavy atom. The Balaban J connectivity index is 1.62. The molecular weight excluding hydrogens is 298 g/mol. The van der Waals surface area contributed by atoms with Crippen LogP contribution in [-0.4, -0.2) is 35.3 Å². The summed E-state index contributed by atoms with van der Waals surface area (Å²) in [5.74, 6) is 0. The van der Waals surface area contributed by atoms with Crippen molar-refractivity contribution in [3.8, 4) is 0 Å². The Morgan fingerprint density at radius 1 is 0.917 bits per heavy atom. The van der Waals surface area contributed by atoms with Gasteiger partial charge in [-0.2, -0.15) is 0 Å². The van der Waals surface area contributed by atoms with Crippen LogP contribution in [0, 0.1) is 0 Å². The molecule has 3 heteroatoms. The molecule has 0 amide bonds. The molecule has 0 unspecified atom stereocenters. The summed E-state index contributed by atoms with van der Waals surface area (Å²) in [5.41, 5.74) is 2.51. The first-order valence-electron chi connectivity index (χ1n) is 8.91. The minimum absolute atomic E-state index is 0.189. The highest BCUT2D eigenvalue weighted by atomic mass is 16.5. The highest BCUT2D eigenvalue weighted by Gasteiger charge is 2.32. The van der Waals surface area contributed by atoms with Crippen molar-refractivity contribution < 1.29 is 9.84 Å². The molecule has 3 rings (SSSR count). The van der Waals surface area contributed by atoms with Gasteiger partial charge < -0.3 is 9.84 Å². The third-order valence-electron chi connectivity index (χ3n) is 4.81. The van der Waals surface area contributed by atoms with Crippen LogP contribution in [0.5, 0.6) is 0 Å². The maximum absolute atomic E-state index is 9.49. The lowest BCUT2D eigenvalue weighted by Gasteiger charge is -2.32. The van der Waals surface area contributed by atoms with Gasteiger partial charge in [0.1, 0.15) is 0 Å². The van der Waals surface area contributed by atoms with E-state index in [1.807, 2.05) is 12.1 Å². The molecule has 1 fully saturated rings. The molecule has 1 N–H and O–H groups in total. The predicted octanol–water partition coefficient (Wildman–Crippen LogP) is 3.62. The van der Waals surface area contributed by atoms with Crippen molar-refractivity contribution in [2.24, 2.45) is 0 Å². The Kier molecular flexibility index (Phi) is 6.41. The SMILES string of the molecule is OCCN(Cc1ccccc1)[C@@H]1CCC[C@H]1OCc1ccccc1. The first-order valence-corrected chi connectivity index (χ1v) is 8.91. The molecule has 2 atom stereocenters. The van der Waals surface area contributed by atoms with Crippen LogP contribution in [0.15, 0.2) is 60.7 Å². The van der Waals surface area contributed by atoms with Gasteiger partial charge in [-0.1, -0.05) is 60.7 Å². The molecule has 0 saturated heterocycles. The van der Waals surface area contributed by atoms with Gasteiger partial charge in [0, 0.05) is 19.1 Å². The van der Waals surface area contributed by atoms with Crippen LogP contribution in [0.4, 0.5) is 0 Å². The van der Waals surface area contributed by atoms with Crippen molar-refractivity contribution in [1.82, 2.24) is 4.90 Å². The molecule has 1 saturated carbocycles. The zero-order valence-electron chi connectivity index (χ0n) is 14.2. The van der Waals surface area contributed by atoms with Crippen molar-refractivity contribution in [1.29, 1.82) is 0 Å². The van der Waals surface area contributed by atoms with Crippen molar-refractivity contribution >= 4 is 0 Å². The van der Waals surface area contributed by atoms with Gasteiger partial charge >= 0.3 is 0 Å². The van der Waals surface area contributed by atoms with Gasteiger partial charge in [-0.05, 0) is 30.4 Å². The number of rotatable bonds is 8. The zero-order chi connectivity index (χ0) is 16.6. The van der Waals surface area contributed by atoms with Gasteiger partial charge in [-0.3, -0.25) is 4.90 Å². The van der Waals surface area contributed by atoms with Crippen molar-refractivity contribution in [2.45, 2.75) is 44.6 Å². The standard InChI is InChI=1S/C21H27NO2/c23-15-14-22(16-18-8-3-1-4-9-18)20-12-7-13-21(20)24-17-19-10-5-2-6-11-19/h1-6,8-11,20-21,23H,7,12-17H2/t20-,21-/m1/s1. The molecule has 0 aromatic heterocycles. The first kappa shape index (κ1) is 17.2. The number of hydrogen-bond donors (Lipinski definition) is 1.